The first kappa shape index (κ1) is 4.80. The zero-order valence-corrected chi connectivity index (χ0v) is 5.19. The smallest absolute Gasteiger partial charge is 0.0108 e. The third-order valence-electron chi connectivity index (χ3n) is 2.55. The second-order valence-electron chi connectivity index (χ2n) is 3.06. The first-order valence-electron chi connectivity index (χ1n) is 3.70. The van der Waals surface area contributed by atoms with Crippen LogP contribution in [0, 0.1) is 5.92 Å². The fraction of sp³-hybridized carbons (Fsp3) is 1.00. The lowest BCUT2D eigenvalue weighted by atomic mass is 9.79. The molecule has 0 spiro atoms. The van der Waals surface area contributed by atoms with Crippen molar-refractivity contribution >= 4 is 0 Å². The van der Waals surface area contributed by atoms with E-state index in [-0.39, 0.29) is 0 Å². The Balaban J connectivity index is 1.92. The minimum Gasteiger partial charge on any atom is -0.313 e. The molecule has 1 N–H and O–H groups in total. The van der Waals surface area contributed by atoms with E-state index in [1.54, 1.807) is 0 Å². The number of hydrogen-bond acceptors (Lipinski definition) is 1. The molecule has 2 rings (SSSR count). The van der Waals surface area contributed by atoms with E-state index in [2.05, 4.69) is 5.32 Å². The van der Waals surface area contributed by atoms with E-state index in [1.807, 2.05) is 0 Å². The summed E-state index contributed by atoms with van der Waals surface area (Å²) in [6, 6.07) is 0.934. The van der Waals surface area contributed by atoms with Crippen molar-refractivity contribution in [2.45, 2.75) is 31.7 Å². The molecule has 2 aliphatic rings. The molecule has 0 aromatic heterocycles. The average molecular weight is 111 g/mol. The van der Waals surface area contributed by atoms with Crippen molar-refractivity contribution in [3.05, 3.63) is 0 Å². The Kier molecular flexibility index (Phi) is 1.04. The van der Waals surface area contributed by atoms with E-state index < -0.39 is 0 Å². The van der Waals surface area contributed by atoms with Crippen molar-refractivity contribution in [2.24, 2.45) is 5.92 Å². The van der Waals surface area contributed by atoms with E-state index in [4.69, 9.17) is 0 Å². The van der Waals surface area contributed by atoms with Crippen LogP contribution in [-0.4, -0.2) is 12.6 Å². The third kappa shape index (κ3) is 0.576. The summed E-state index contributed by atoms with van der Waals surface area (Å²) >= 11 is 0. The van der Waals surface area contributed by atoms with Crippen molar-refractivity contribution in [2.75, 3.05) is 6.54 Å². The van der Waals surface area contributed by atoms with E-state index in [0.717, 1.165) is 12.0 Å². The lowest BCUT2D eigenvalue weighted by Gasteiger charge is -2.41. The first-order chi connectivity index (χ1) is 3.97. The Labute approximate surface area is 50.5 Å². The highest BCUT2D eigenvalue weighted by Crippen LogP contribution is 2.29. The molecule has 1 nitrogen and oxygen atoms in total. The molecule has 0 aromatic rings. The van der Waals surface area contributed by atoms with Gasteiger partial charge in [-0.1, -0.05) is 12.8 Å². The van der Waals surface area contributed by atoms with E-state index in [0.29, 0.717) is 0 Å². The summed E-state index contributed by atoms with van der Waals surface area (Å²) in [6.45, 7) is 1.31. The number of nitrogens with one attached hydrogen (secondary N) is 1. The fourth-order valence-electron chi connectivity index (χ4n) is 1.86. The summed E-state index contributed by atoms with van der Waals surface area (Å²) < 4.78 is 0. The first-order valence-corrected chi connectivity index (χ1v) is 3.70. The van der Waals surface area contributed by atoms with Gasteiger partial charge >= 0.3 is 0 Å². The van der Waals surface area contributed by atoms with Crippen LogP contribution in [0.1, 0.15) is 25.7 Å². The Morgan fingerprint density at radius 3 is 2.38 bits per heavy atom. The van der Waals surface area contributed by atoms with Crippen LogP contribution < -0.4 is 5.32 Å². The maximum atomic E-state index is 3.45. The SMILES string of the molecule is C1CC[C@H]2NC[C@@H]2C1. The van der Waals surface area contributed by atoms with Gasteiger partial charge in [-0.15, -0.1) is 0 Å². The monoisotopic (exact) mass is 111 g/mol. The topological polar surface area (TPSA) is 12.0 Å². The van der Waals surface area contributed by atoms with Crippen molar-refractivity contribution < 1.29 is 0 Å². The Hall–Kier alpha value is -0.0400. The van der Waals surface area contributed by atoms with Crippen LogP contribution in [0.5, 0.6) is 0 Å². The predicted octanol–water partition coefficient (Wildman–Crippen LogP) is 1.15. The van der Waals surface area contributed by atoms with E-state index >= 15 is 0 Å². The zero-order valence-electron chi connectivity index (χ0n) is 5.19. The van der Waals surface area contributed by atoms with E-state index in [1.165, 1.54) is 32.2 Å². The molecule has 0 radical (unpaired) electrons. The maximum absolute atomic E-state index is 3.45. The molecule has 1 aliphatic carbocycles. The minimum absolute atomic E-state index is 0.934. The average Bonchev–Trinajstić information content (AvgIpc) is 1.72. The summed E-state index contributed by atoms with van der Waals surface area (Å²) in [5.74, 6) is 1.07. The molecule has 2 fully saturated rings. The van der Waals surface area contributed by atoms with Gasteiger partial charge in [-0.2, -0.15) is 0 Å². The molecule has 8 heavy (non-hydrogen) atoms. The molecule has 2 atom stereocenters. The Morgan fingerprint density at radius 1 is 1.12 bits per heavy atom. The molecule has 1 heterocycles. The van der Waals surface area contributed by atoms with Crippen LogP contribution in [0.15, 0.2) is 0 Å². The zero-order chi connectivity index (χ0) is 5.40. The van der Waals surface area contributed by atoms with Crippen molar-refractivity contribution in [3.63, 3.8) is 0 Å². The van der Waals surface area contributed by atoms with Gasteiger partial charge in [0.25, 0.3) is 0 Å². The van der Waals surface area contributed by atoms with Gasteiger partial charge in [-0.25, -0.2) is 0 Å². The van der Waals surface area contributed by atoms with Crippen molar-refractivity contribution in [3.8, 4) is 0 Å². The molecule has 1 aliphatic heterocycles. The van der Waals surface area contributed by atoms with Gasteiger partial charge in [0.15, 0.2) is 0 Å². The molecule has 0 bridgehead atoms. The van der Waals surface area contributed by atoms with Crippen molar-refractivity contribution in [1.29, 1.82) is 0 Å². The van der Waals surface area contributed by atoms with Crippen LogP contribution in [0.4, 0.5) is 0 Å². The second-order valence-corrected chi connectivity index (χ2v) is 3.06. The molecular formula is C7H13N. The molecular weight excluding hydrogens is 98.1 g/mol. The minimum atomic E-state index is 0.934. The largest absolute Gasteiger partial charge is 0.313 e. The van der Waals surface area contributed by atoms with Crippen LogP contribution in [-0.2, 0) is 0 Å². The molecule has 0 amide bonds. The number of hydrogen-bond donors (Lipinski definition) is 1. The Morgan fingerprint density at radius 2 is 2.00 bits per heavy atom. The van der Waals surface area contributed by atoms with Gasteiger partial charge in [-0.05, 0) is 25.3 Å². The van der Waals surface area contributed by atoms with Crippen LogP contribution in [0.2, 0.25) is 0 Å². The maximum Gasteiger partial charge on any atom is 0.0108 e. The molecule has 0 unspecified atom stereocenters. The summed E-state index contributed by atoms with van der Waals surface area (Å²) in [4.78, 5) is 0. The summed E-state index contributed by atoms with van der Waals surface area (Å²) in [6.07, 6.45) is 5.90. The van der Waals surface area contributed by atoms with Gasteiger partial charge < -0.3 is 5.32 Å². The van der Waals surface area contributed by atoms with Crippen LogP contribution >= 0.6 is 0 Å². The summed E-state index contributed by atoms with van der Waals surface area (Å²) in [5, 5.41) is 3.45. The molecule has 1 saturated heterocycles. The van der Waals surface area contributed by atoms with Gasteiger partial charge in [0, 0.05) is 6.04 Å². The van der Waals surface area contributed by atoms with Crippen LogP contribution in [0.25, 0.3) is 0 Å². The van der Waals surface area contributed by atoms with E-state index in [9.17, 15) is 0 Å². The lowest BCUT2D eigenvalue weighted by Crippen LogP contribution is -2.54. The highest BCUT2D eigenvalue weighted by atomic mass is 15.0. The fourth-order valence-corrected chi connectivity index (χ4v) is 1.86. The van der Waals surface area contributed by atoms with Gasteiger partial charge in [0.2, 0.25) is 0 Å². The molecule has 0 aromatic carbocycles. The molecule has 1 heteroatoms. The molecule has 46 valence electrons. The number of rotatable bonds is 0. The Bertz CT molecular complexity index is 78.4. The summed E-state index contributed by atoms with van der Waals surface area (Å²) in [7, 11) is 0. The highest BCUT2D eigenvalue weighted by molar-refractivity contribution is 4.90. The number of fused-ring (bicyclic) bond motifs is 1. The standard InChI is InChI=1S/C7H13N/c1-2-4-7-6(3-1)5-8-7/h6-8H,1-5H2/t6-,7+/m0/s1. The predicted molar refractivity (Wildman–Crippen MR) is 33.7 cm³/mol. The van der Waals surface area contributed by atoms with Gasteiger partial charge in [0.05, 0.1) is 0 Å². The second kappa shape index (κ2) is 1.73. The van der Waals surface area contributed by atoms with Gasteiger partial charge in [0.1, 0.15) is 0 Å². The quantitative estimate of drug-likeness (QED) is 0.494. The normalized spacial score (nSPS) is 45.0. The van der Waals surface area contributed by atoms with Crippen molar-refractivity contribution in [1.82, 2.24) is 5.32 Å². The molecule has 1 saturated carbocycles. The van der Waals surface area contributed by atoms with Gasteiger partial charge in [-0.3, -0.25) is 0 Å². The highest BCUT2D eigenvalue weighted by Gasteiger charge is 2.31. The lowest BCUT2D eigenvalue weighted by molar-refractivity contribution is 0.166. The summed E-state index contributed by atoms with van der Waals surface area (Å²) in [5.41, 5.74) is 0. The van der Waals surface area contributed by atoms with Crippen LogP contribution in [0.3, 0.4) is 0 Å². The third-order valence-corrected chi connectivity index (χ3v) is 2.55.